The van der Waals surface area contributed by atoms with Crippen molar-refractivity contribution in [3.63, 3.8) is 0 Å². The number of methoxy groups -OCH3 is 2. The number of nitrogens with one attached hydrogen (secondary N) is 1. The van der Waals surface area contributed by atoms with Gasteiger partial charge < -0.3 is 19.5 Å². The van der Waals surface area contributed by atoms with E-state index < -0.39 is 0 Å². The summed E-state index contributed by atoms with van der Waals surface area (Å²) in [6.45, 7) is 2.30. The van der Waals surface area contributed by atoms with Crippen LogP contribution in [0, 0.1) is 0 Å². The Kier molecular flexibility index (Phi) is 6.75. The van der Waals surface area contributed by atoms with Gasteiger partial charge in [0, 0.05) is 19.9 Å². The molecule has 100 valence electrons. The van der Waals surface area contributed by atoms with E-state index in [4.69, 9.17) is 9.47 Å². The molecular formula is C12H18N2O4. The van der Waals surface area contributed by atoms with Gasteiger partial charge in [-0.1, -0.05) is 0 Å². The second-order valence-corrected chi connectivity index (χ2v) is 3.45. The molecule has 18 heavy (non-hydrogen) atoms. The van der Waals surface area contributed by atoms with Crippen LogP contribution >= 0.6 is 0 Å². The summed E-state index contributed by atoms with van der Waals surface area (Å²) in [7, 11) is 2.98. The van der Waals surface area contributed by atoms with Crippen LogP contribution in [0.4, 0.5) is 5.82 Å². The zero-order valence-corrected chi connectivity index (χ0v) is 10.6. The van der Waals surface area contributed by atoms with Gasteiger partial charge in [0.25, 0.3) is 0 Å². The van der Waals surface area contributed by atoms with Gasteiger partial charge in [0.05, 0.1) is 32.5 Å². The van der Waals surface area contributed by atoms with Crippen LogP contribution in [0.2, 0.25) is 0 Å². The predicted molar refractivity (Wildman–Crippen MR) is 66.8 cm³/mol. The highest BCUT2D eigenvalue weighted by Gasteiger charge is 2.05. The van der Waals surface area contributed by atoms with Crippen molar-refractivity contribution in [3.05, 3.63) is 23.9 Å². The molecular weight excluding hydrogens is 236 g/mol. The molecule has 0 amide bonds. The van der Waals surface area contributed by atoms with E-state index in [9.17, 15) is 4.79 Å². The highest BCUT2D eigenvalue weighted by atomic mass is 16.5. The first-order chi connectivity index (χ1) is 8.77. The minimum absolute atomic E-state index is 0.378. The van der Waals surface area contributed by atoms with Gasteiger partial charge in [-0.05, 0) is 12.1 Å². The molecule has 0 aromatic carbocycles. The molecule has 1 N–H and O–H groups in total. The normalized spacial score (nSPS) is 10.1. The Morgan fingerprint density at radius 2 is 2.17 bits per heavy atom. The third-order valence-electron chi connectivity index (χ3n) is 2.17. The molecule has 1 aromatic heterocycles. The second kappa shape index (κ2) is 8.43. The fourth-order valence-electron chi connectivity index (χ4n) is 1.27. The molecule has 0 unspecified atom stereocenters. The van der Waals surface area contributed by atoms with E-state index in [0.717, 1.165) is 0 Å². The molecule has 1 heterocycles. The van der Waals surface area contributed by atoms with E-state index in [0.29, 0.717) is 37.7 Å². The van der Waals surface area contributed by atoms with Crippen LogP contribution in [-0.4, -0.2) is 51.5 Å². The van der Waals surface area contributed by atoms with Crippen LogP contribution in [0.25, 0.3) is 0 Å². The fourth-order valence-corrected chi connectivity index (χ4v) is 1.27. The predicted octanol–water partition coefficient (Wildman–Crippen LogP) is 0.943. The summed E-state index contributed by atoms with van der Waals surface area (Å²) in [5.74, 6) is 0.241. The summed E-state index contributed by atoms with van der Waals surface area (Å²) < 4.78 is 14.8. The van der Waals surface area contributed by atoms with Crippen LogP contribution < -0.4 is 5.32 Å². The Balaban J connectivity index is 2.32. The number of ether oxygens (including phenoxy) is 3. The zero-order chi connectivity index (χ0) is 13.2. The smallest absolute Gasteiger partial charge is 0.338 e. The molecule has 1 rings (SSSR count). The zero-order valence-electron chi connectivity index (χ0n) is 10.6. The molecule has 6 heteroatoms. The first-order valence-electron chi connectivity index (χ1n) is 5.63. The molecule has 0 aliphatic rings. The molecule has 1 aromatic rings. The van der Waals surface area contributed by atoms with Crippen molar-refractivity contribution >= 4 is 11.8 Å². The summed E-state index contributed by atoms with van der Waals surface area (Å²) in [4.78, 5) is 15.4. The van der Waals surface area contributed by atoms with Gasteiger partial charge in [-0.3, -0.25) is 0 Å². The lowest BCUT2D eigenvalue weighted by Crippen LogP contribution is -2.13. The largest absolute Gasteiger partial charge is 0.465 e. The molecule has 0 saturated heterocycles. The first kappa shape index (κ1) is 14.4. The summed E-state index contributed by atoms with van der Waals surface area (Å²) in [5.41, 5.74) is 0.468. The molecule has 0 spiro atoms. The Morgan fingerprint density at radius 1 is 1.33 bits per heavy atom. The Hall–Kier alpha value is -1.66. The maximum absolute atomic E-state index is 11.3. The van der Waals surface area contributed by atoms with E-state index in [1.807, 2.05) is 0 Å². The van der Waals surface area contributed by atoms with Gasteiger partial charge in [0.15, 0.2) is 0 Å². The third kappa shape index (κ3) is 5.11. The van der Waals surface area contributed by atoms with Gasteiger partial charge >= 0.3 is 5.97 Å². The molecule has 0 aliphatic heterocycles. The molecule has 0 radical (unpaired) electrons. The molecule has 0 saturated carbocycles. The van der Waals surface area contributed by atoms with Crippen molar-refractivity contribution in [2.45, 2.75) is 0 Å². The molecule has 0 aliphatic carbocycles. The van der Waals surface area contributed by atoms with Crippen molar-refractivity contribution in [1.29, 1.82) is 0 Å². The number of carbonyl (C=O) groups excluding carboxylic acids is 1. The van der Waals surface area contributed by atoms with Crippen molar-refractivity contribution in [2.24, 2.45) is 0 Å². The summed E-state index contributed by atoms with van der Waals surface area (Å²) >= 11 is 0. The number of anilines is 1. The number of hydrogen-bond donors (Lipinski definition) is 1. The average Bonchev–Trinajstić information content (AvgIpc) is 2.42. The second-order valence-electron chi connectivity index (χ2n) is 3.45. The van der Waals surface area contributed by atoms with E-state index in [1.165, 1.54) is 7.11 Å². The van der Waals surface area contributed by atoms with Gasteiger partial charge in [-0.25, -0.2) is 9.78 Å². The highest BCUT2D eigenvalue weighted by molar-refractivity contribution is 5.89. The van der Waals surface area contributed by atoms with E-state index >= 15 is 0 Å². The molecule has 0 fully saturated rings. The van der Waals surface area contributed by atoms with Crippen molar-refractivity contribution < 1.29 is 19.0 Å². The lowest BCUT2D eigenvalue weighted by atomic mass is 10.2. The Morgan fingerprint density at radius 3 is 2.89 bits per heavy atom. The van der Waals surface area contributed by atoms with Gasteiger partial charge in [0.2, 0.25) is 0 Å². The van der Waals surface area contributed by atoms with Gasteiger partial charge in [-0.2, -0.15) is 0 Å². The number of aromatic nitrogens is 1. The standard InChI is InChI=1S/C12H18N2O4/c1-16-7-8-18-6-5-14-11-9-10(3-4-13-11)12(15)17-2/h3-4,9H,5-8H2,1-2H3,(H,13,14). The van der Waals surface area contributed by atoms with Gasteiger partial charge in [0.1, 0.15) is 5.82 Å². The van der Waals surface area contributed by atoms with E-state index in [2.05, 4.69) is 15.0 Å². The topological polar surface area (TPSA) is 69.7 Å². The summed E-state index contributed by atoms with van der Waals surface area (Å²) in [5, 5.41) is 3.06. The lowest BCUT2D eigenvalue weighted by Gasteiger charge is -2.07. The third-order valence-corrected chi connectivity index (χ3v) is 2.17. The van der Waals surface area contributed by atoms with E-state index in [-0.39, 0.29) is 5.97 Å². The minimum Gasteiger partial charge on any atom is -0.465 e. The number of rotatable bonds is 8. The van der Waals surface area contributed by atoms with Gasteiger partial charge in [-0.15, -0.1) is 0 Å². The van der Waals surface area contributed by atoms with Crippen molar-refractivity contribution in [2.75, 3.05) is 45.9 Å². The number of carbonyl (C=O) groups is 1. The van der Waals surface area contributed by atoms with Crippen LogP contribution in [0.3, 0.4) is 0 Å². The average molecular weight is 254 g/mol. The number of esters is 1. The van der Waals surface area contributed by atoms with Crippen LogP contribution in [-0.2, 0) is 14.2 Å². The number of nitrogens with zero attached hydrogens (tertiary/aromatic N) is 1. The monoisotopic (exact) mass is 254 g/mol. The fraction of sp³-hybridized carbons (Fsp3) is 0.500. The quantitative estimate of drug-likeness (QED) is 0.550. The maximum Gasteiger partial charge on any atom is 0.338 e. The highest BCUT2D eigenvalue weighted by Crippen LogP contribution is 2.07. The minimum atomic E-state index is -0.378. The van der Waals surface area contributed by atoms with Crippen LogP contribution in [0.15, 0.2) is 18.3 Å². The molecule has 0 bridgehead atoms. The Labute approximate surface area is 106 Å². The molecule has 0 atom stereocenters. The number of hydrogen-bond acceptors (Lipinski definition) is 6. The summed E-state index contributed by atoms with van der Waals surface area (Å²) in [6, 6.07) is 3.24. The van der Waals surface area contributed by atoms with Crippen LogP contribution in [0.5, 0.6) is 0 Å². The van der Waals surface area contributed by atoms with Crippen molar-refractivity contribution in [1.82, 2.24) is 4.98 Å². The SMILES string of the molecule is COCCOCCNc1cc(C(=O)OC)ccn1. The maximum atomic E-state index is 11.3. The van der Waals surface area contributed by atoms with E-state index in [1.54, 1.807) is 25.4 Å². The summed E-state index contributed by atoms with van der Waals surface area (Å²) in [6.07, 6.45) is 1.56. The van der Waals surface area contributed by atoms with Crippen LogP contribution in [0.1, 0.15) is 10.4 Å². The lowest BCUT2D eigenvalue weighted by molar-refractivity contribution is 0.0600. The Bertz CT molecular complexity index is 371. The van der Waals surface area contributed by atoms with Crippen molar-refractivity contribution in [3.8, 4) is 0 Å². The number of pyridine rings is 1. The molecule has 6 nitrogen and oxygen atoms in total. The first-order valence-corrected chi connectivity index (χ1v) is 5.63.